The lowest BCUT2D eigenvalue weighted by Crippen LogP contribution is -2.23. The first-order valence-corrected chi connectivity index (χ1v) is 7.55. The number of rotatable bonds is 4. The minimum Gasteiger partial charge on any atom is -0.348 e. The van der Waals surface area contributed by atoms with E-state index in [2.05, 4.69) is 15.3 Å². The van der Waals surface area contributed by atoms with Crippen molar-refractivity contribution in [3.63, 3.8) is 0 Å². The molecule has 0 fully saturated rings. The van der Waals surface area contributed by atoms with E-state index in [0.717, 1.165) is 11.3 Å². The van der Waals surface area contributed by atoms with Crippen LogP contribution in [0.25, 0.3) is 11.3 Å². The lowest BCUT2D eigenvalue weighted by molar-refractivity contribution is 0.0950. The Kier molecular flexibility index (Phi) is 4.61. The Hall–Kier alpha value is -3.08. The number of benzene rings is 2. The molecule has 0 aliphatic carbocycles. The van der Waals surface area contributed by atoms with E-state index in [1.165, 1.54) is 6.07 Å². The maximum Gasteiger partial charge on any atom is 0.251 e. The van der Waals surface area contributed by atoms with Crippen LogP contribution in [0.1, 0.15) is 21.7 Å². The van der Waals surface area contributed by atoms with Gasteiger partial charge < -0.3 is 5.32 Å². The van der Waals surface area contributed by atoms with Gasteiger partial charge >= 0.3 is 0 Å². The lowest BCUT2D eigenvalue weighted by Gasteiger charge is -2.07. The smallest absolute Gasteiger partial charge is 0.251 e. The fraction of sp³-hybridized carbons (Fsp3) is 0.105. The fourth-order valence-corrected chi connectivity index (χ4v) is 2.33. The van der Waals surface area contributed by atoms with Crippen molar-refractivity contribution < 1.29 is 9.18 Å². The molecule has 1 heterocycles. The van der Waals surface area contributed by atoms with Gasteiger partial charge in [0.25, 0.3) is 5.91 Å². The quantitative estimate of drug-likeness (QED) is 0.800. The summed E-state index contributed by atoms with van der Waals surface area (Å²) < 4.78 is 13.6. The van der Waals surface area contributed by atoms with Gasteiger partial charge in [-0.05, 0) is 31.2 Å². The van der Waals surface area contributed by atoms with Gasteiger partial charge in [-0.1, -0.05) is 30.3 Å². The standard InChI is InChI=1S/C19H16FN3O/c1-13-21-11-10-18(23-13)14-6-8-15(9-7-14)19(24)22-12-16-4-2-3-5-17(16)20/h2-11H,12H2,1H3,(H,22,24). The maximum absolute atomic E-state index is 13.6. The van der Waals surface area contributed by atoms with Crippen LogP contribution in [0.15, 0.2) is 60.8 Å². The van der Waals surface area contributed by atoms with E-state index >= 15 is 0 Å². The molecule has 0 aliphatic heterocycles. The number of aryl methyl sites for hydroxylation is 1. The molecule has 0 saturated heterocycles. The third-order valence-electron chi connectivity index (χ3n) is 3.62. The summed E-state index contributed by atoms with van der Waals surface area (Å²) in [5, 5.41) is 2.72. The summed E-state index contributed by atoms with van der Waals surface area (Å²) >= 11 is 0. The van der Waals surface area contributed by atoms with Crippen LogP contribution in [0.3, 0.4) is 0 Å². The van der Waals surface area contributed by atoms with E-state index in [4.69, 9.17) is 0 Å². The summed E-state index contributed by atoms with van der Waals surface area (Å²) in [5.41, 5.74) is 2.69. The van der Waals surface area contributed by atoms with Crippen molar-refractivity contribution in [2.45, 2.75) is 13.5 Å². The van der Waals surface area contributed by atoms with E-state index in [9.17, 15) is 9.18 Å². The molecule has 2 aromatic carbocycles. The molecule has 1 aromatic heterocycles. The Morgan fingerprint density at radius 3 is 2.54 bits per heavy atom. The monoisotopic (exact) mass is 321 g/mol. The largest absolute Gasteiger partial charge is 0.348 e. The molecule has 3 aromatic rings. The van der Waals surface area contributed by atoms with Gasteiger partial charge in [0, 0.05) is 29.4 Å². The maximum atomic E-state index is 13.6. The van der Waals surface area contributed by atoms with Crippen LogP contribution in [0.4, 0.5) is 4.39 Å². The molecular weight excluding hydrogens is 305 g/mol. The second kappa shape index (κ2) is 7.00. The fourth-order valence-electron chi connectivity index (χ4n) is 2.33. The van der Waals surface area contributed by atoms with Crippen LogP contribution in [0.2, 0.25) is 0 Å². The lowest BCUT2D eigenvalue weighted by atomic mass is 10.1. The van der Waals surface area contributed by atoms with Gasteiger partial charge in [0.1, 0.15) is 11.6 Å². The van der Waals surface area contributed by atoms with Gasteiger partial charge in [-0.3, -0.25) is 4.79 Å². The number of halogens is 1. The topological polar surface area (TPSA) is 54.9 Å². The van der Waals surface area contributed by atoms with Crippen molar-refractivity contribution >= 4 is 5.91 Å². The summed E-state index contributed by atoms with van der Waals surface area (Å²) in [6.07, 6.45) is 1.70. The predicted molar refractivity (Wildman–Crippen MR) is 89.8 cm³/mol. The van der Waals surface area contributed by atoms with Crippen molar-refractivity contribution in [3.8, 4) is 11.3 Å². The first-order chi connectivity index (χ1) is 11.6. The minimum absolute atomic E-state index is 0.151. The minimum atomic E-state index is -0.327. The number of amides is 1. The number of aromatic nitrogens is 2. The summed E-state index contributed by atoms with van der Waals surface area (Å²) in [7, 11) is 0. The van der Waals surface area contributed by atoms with Crippen LogP contribution in [-0.4, -0.2) is 15.9 Å². The molecule has 0 aliphatic rings. The second-order valence-corrected chi connectivity index (χ2v) is 5.34. The van der Waals surface area contributed by atoms with Crippen molar-refractivity contribution in [2.24, 2.45) is 0 Å². The molecular formula is C19H16FN3O. The molecule has 0 atom stereocenters. The van der Waals surface area contributed by atoms with Gasteiger partial charge in [0.15, 0.2) is 0 Å². The zero-order valence-electron chi connectivity index (χ0n) is 13.2. The number of hydrogen-bond acceptors (Lipinski definition) is 3. The molecule has 4 nitrogen and oxygen atoms in total. The summed E-state index contributed by atoms with van der Waals surface area (Å²) in [4.78, 5) is 20.6. The Balaban J connectivity index is 1.69. The molecule has 0 spiro atoms. The molecule has 1 N–H and O–H groups in total. The van der Waals surface area contributed by atoms with Gasteiger partial charge in [-0.15, -0.1) is 0 Å². The highest BCUT2D eigenvalue weighted by molar-refractivity contribution is 5.94. The third-order valence-corrected chi connectivity index (χ3v) is 3.62. The zero-order valence-corrected chi connectivity index (χ0v) is 13.2. The van der Waals surface area contributed by atoms with Crippen LogP contribution >= 0.6 is 0 Å². The highest BCUT2D eigenvalue weighted by Gasteiger charge is 2.08. The number of nitrogens with one attached hydrogen (secondary N) is 1. The van der Waals surface area contributed by atoms with E-state index in [0.29, 0.717) is 17.0 Å². The molecule has 5 heteroatoms. The van der Waals surface area contributed by atoms with Gasteiger partial charge in [0.05, 0.1) is 5.69 Å². The molecule has 0 saturated carbocycles. The molecule has 0 bridgehead atoms. The van der Waals surface area contributed by atoms with Crippen molar-refractivity contribution in [2.75, 3.05) is 0 Å². The van der Waals surface area contributed by atoms with Gasteiger partial charge in [-0.2, -0.15) is 0 Å². The molecule has 120 valence electrons. The Morgan fingerprint density at radius 2 is 1.83 bits per heavy atom. The highest BCUT2D eigenvalue weighted by Crippen LogP contribution is 2.17. The highest BCUT2D eigenvalue weighted by atomic mass is 19.1. The third kappa shape index (κ3) is 3.63. The van der Waals surface area contributed by atoms with Crippen LogP contribution in [-0.2, 0) is 6.54 Å². The SMILES string of the molecule is Cc1nccc(-c2ccc(C(=O)NCc3ccccc3F)cc2)n1. The summed E-state index contributed by atoms with van der Waals surface area (Å²) in [6, 6.07) is 15.3. The molecule has 24 heavy (non-hydrogen) atoms. The number of carbonyl (C=O) groups is 1. The summed E-state index contributed by atoms with van der Waals surface area (Å²) in [5.74, 6) is 0.121. The van der Waals surface area contributed by atoms with Crippen LogP contribution in [0.5, 0.6) is 0 Å². The van der Waals surface area contributed by atoms with Gasteiger partial charge in [0.2, 0.25) is 0 Å². The van der Waals surface area contributed by atoms with E-state index in [-0.39, 0.29) is 18.3 Å². The molecule has 3 rings (SSSR count). The average molecular weight is 321 g/mol. The summed E-state index contributed by atoms with van der Waals surface area (Å²) in [6.45, 7) is 1.98. The number of hydrogen-bond donors (Lipinski definition) is 1. The Labute approximate surface area is 139 Å². The zero-order chi connectivity index (χ0) is 16.9. The average Bonchev–Trinajstić information content (AvgIpc) is 2.61. The van der Waals surface area contributed by atoms with Crippen molar-refractivity contribution in [1.82, 2.24) is 15.3 Å². The Bertz CT molecular complexity index is 862. The van der Waals surface area contributed by atoms with E-state index in [1.54, 1.807) is 36.5 Å². The molecule has 0 unspecified atom stereocenters. The van der Waals surface area contributed by atoms with Crippen molar-refractivity contribution in [3.05, 3.63) is 83.6 Å². The molecule has 1 amide bonds. The van der Waals surface area contributed by atoms with E-state index < -0.39 is 0 Å². The normalized spacial score (nSPS) is 10.4. The van der Waals surface area contributed by atoms with Crippen LogP contribution in [0, 0.1) is 12.7 Å². The Morgan fingerprint density at radius 1 is 1.08 bits per heavy atom. The van der Waals surface area contributed by atoms with Crippen LogP contribution < -0.4 is 5.32 Å². The first kappa shape index (κ1) is 15.8. The first-order valence-electron chi connectivity index (χ1n) is 7.55. The van der Waals surface area contributed by atoms with E-state index in [1.807, 2.05) is 25.1 Å². The van der Waals surface area contributed by atoms with Gasteiger partial charge in [-0.25, -0.2) is 14.4 Å². The second-order valence-electron chi connectivity index (χ2n) is 5.34. The number of carbonyl (C=O) groups excluding carboxylic acids is 1. The number of nitrogens with zero attached hydrogens (tertiary/aromatic N) is 2. The predicted octanol–water partition coefficient (Wildman–Crippen LogP) is 3.52. The molecule has 0 radical (unpaired) electrons. The van der Waals surface area contributed by atoms with Crippen molar-refractivity contribution in [1.29, 1.82) is 0 Å².